The summed E-state index contributed by atoms with van der Waals surface area (Å²) in [6.45, 7) is 3.36. The zero-order valence-corrected chi connectivity index (χ0v) is 20.0. The predicted molar refractivity (Wildman–Crippen MR) is 131 cm³/mol. The maximum Gasteiger partial charge on any atom is 0.329 e. The molecular weight excluding hydrogens is 538 g/mol. The summed E-state index contributed by atoms with van der Waals surface area (Å²) in [6, 6.07) is 14.9. The first-order valence-electron chi connectivity index (χ1n) is 10.1. The van der Waals surface area contributed by atoms with E-state index in [1.54, 1.807) is 12.1 Å². The number of nitrogens with zero attached hydrogens (tertiary/aromatic N) is 2. The number of anilines is 1. The van der Waals surface area contributed by atoms with Crippen LogP contribution < -0.4 is 10.6 Å². The molecule has 168 valence electrons. The number of hydrogen-bond acceptors (Lipinski definition) is 3. The van der Waals surface area contributed by atoms with Gasteiger partial charge in [0.2, 0.25) is 5.91 Å². The van der Waals surface area contributed by atoms with Crippen molar-refractivity contribution in [3.63, 3.8) is 0 Å². The molecular formula is C24H20FIN4O3. The molecule has 0 spiro atoms. The topological polar surface area (TPSA) is 83.4 Å². The SMILES string of the molecule is Cc1cc(/C=C2\NC(=O)N(CC(=O)Nc3ccccc3F)C2=O)c(C)n1-c1ccc(I)cc1. The van der Waals surface area contributed by atoms with E-state index in [2.05, 4.69) is 37.8 Å². The lowest BCUT2D eigenvalue weighted by Crippen LogP contribution is -2.38. The van der Waals surface area contributed by atoms with Crippen molar-refractivity contribution in [1.82, 2.24) is 14.8 Å². The van der Waals surface area contributed by atoms with Crippen molar-refractivity contribution in [3.8, 4) is 5.69 Å². The fourth-order valence-electron chi connectivity index (χ4n) is 3.69. The Balaban J connectivity index is 1.53. The molecule has 1 aliphatic rings. The molecule has 1 saturated heterocycles. The quantitative estimate of drug-likeness (QED) is 0.277. The van der Waals surface area contributed by atoms with Crippen molar-refractivity contribution in [2.45, 2.75) is 13.8 Å². The van der Waals surface area contributed by atoms with E-state index in [0.717, 1.165) is 31.1 Å². The van der Waals surface area contributed by atoms with Gasteiger partial charge in [-0.15, -0.1) is 0 Å². The van der Waals surface area contributed by atoms with Gasteiger partial charge in [0.1, 0.15) is 18.1 Å². The van der Waals surface area contributed by atoms with Gasteiger partial charge in [0.25, 0.3) is 5.91 Å². The summed E-state index contributed by atoms with van der Waals surface area (Å²) in [5, 5.41) is 4.89. The lowest BCUT2D eigenvalue weighted by Gasteiger charge is -2.12. The van der Waals surface area contributed by atoms with Crippen LogP contribution in [0.2, 0.25) is 0 Å². The van der Waals surface area contributed by atoms with Gasteiger partial charge in [0.05, 0.1) is 5.69 Å². The van der Waals surface area contributed by atoms with E-state index in [1.807, 2.05) is 44.2 Å². The molecule has 2 aromatic carbocycles. The molecule has 33 heavy (non-hydrogen) atoms. The first-order chi connectivity index (χ1) is 15.7. The first-order valence-corrected chi connectivity index (χ1v) is 11.2. The van der Waals surface area contributed by atoms with Gasteiger partial charge in [-0.1, -0.05) is 12.1 Å². The number of benzene rings is 2. The molecule has 0 atom stereocenters. The van der Waals surface area contributed by atoms with E-state index in [-0.39, 0.29) is 11.4 Å². The molecule has 1 aromatic heterocycles. The van der Waals surface area contributed by atoms with Crippen molar-refractivity contribution >= 4 is 52.2 Å². The Kier molecular flexibility index (Phi) is 6.32. The van der Waals surface area contributed by atoms with Gasteiger partial charge >= 0.3 is 6.03 Å². The van der Waals surface area contributed by atoms with Crippen molar-refractivity contribution in [2.75, 3.05) is 11.9 Å². The Morgan fingerprint density at radius 1 is 1.12 bits per heavy atom. The van der Waals surface area contributed by atoms with Crippen LogP contribution in [0, 0.1) is 23.2 Å². The number of hydrogen-bond donors (Lipinski definition) is 2. The Bertz CT molecular complexity index is 1300. The molecule has 9 heteroatoms. The third kappa shape index (κ3) is 4.68. The van der Waals surface area contributed by atoms with Crippen LogP contribution in [-0.4, -0.2) is 33.9 Å². The Hall–Kier alpha value is -3.47. The van der Waals surface area contributed by atoms with Crippen molar-refractivity contribution in [2.24, 2.45) is 0 Å². The van der Waals surface area contributed by atoms with E-state index in [1.165, 1.54) is 18.2 Å². The maximum absolute atomic E-state index is 13.7. The summed E-state index contributed by atoms with van der Waals surface area (Å²) >= 11 is 2.24. The molecule has 4 amide bonds. The van der Waals surface area contributed by atoms with Crippen molar-refractivity contribution in [1.29, 1.82) is 0 Å². The molecule has 0 saturated carbocycles. The maximum atomic E-state index is 13.7. The summed E-state index contributed by atoms with van der Waals surface area (Å²) in [5.41, 5.74) is 3.68. The van der Waals surface area contributed by atoms with Crippen LogP contribution >= 0.6 is 22.6 Å². The van der Waals surface area contributed by atoms with Gasteiger partial charge in [-0.05, 0) is 90.5 Å². The second kappa shape index (κ2) is 9.18. The summed E-state index contributed by atoms with van der Waals surface area (Å²) < 4.78 is 16.9. The van der Waals surface area contributed by atoms with E-state index in [0.29, 0.717) is 0 Å². The van der Waals surface area contributed by atoms with Crippen LogP contribution in [0.4, 0.5) is 14.9 Å². The number of halogens is 2. The highest BCUT2D eigenvalue weighted by Crippen LogP contribution is 2.24. The lowest BCUT2D eigenvalue weighted by molar-refractivity contribution is -0.127. The summed E-state index contributed by atoms with van der Waals surface area (Å²) in [5.74, 6) is -1.91. The summed E-state index contributed by atoms with van der Waals surface area (Å²) in [6.07, 6.45) is 1.60. The number of aryl methyl sites for hydroxylation is 1. The third-order valence-corrected chi connectivity index (χ3v) is 5.99. The number of rotatable bonds is 5. The Labute approximate surface area is 203 Å². The number of carbonyl (C=O) groups excluding carboxylic acids is 3. The molecule has 2 N–H and O–H groups in total. The monoisotopic (exact) mass is 558 g/mol. The number of aromatic nitrogens is 1. The van der Waals surface area contributed by atoms with Gasteiger partial charge < -0.3 is 15.2 Å². The Morgan fingerprint density at radius 3 is 2.52 bits per heavy atom. The summed E-state index contributed by atoms with van der Waals surface area (Å²) in [7, 11) is 0. The summed E-state index contributed by atoms with van der Waals surface area (Å²) in [4.78, 5) is 38.2. The van der Waals surface area contributed by atoms with Crippen LogP contribution in [0.25, 0.3) is 11.8 Å². The zero-order chi connectivity index (χ0) is 23.7. The molecule has 4 rings (SSSR count). The number of urea groups is 1. The van der Waals surface area contributed by atoms with E-state index in [4.69, 9.17) is 0 Å². The molecule has 0 unspecified atom stereocenters. The second-order valence-corrected chi connectivity index (χ2v) is 8.79. The van der Waals surface area contributed by atoms with E-state index in [9.17, 15) is 18.8 Å². The number of carbonyl (C=O) groups is 3. The average Bonchev–Trinajstić information content (AvgIpc) is 3.20. The molecule has 0 aliphatic carbocycles. The van der Waals surface area contributed by atoms with Crippen LogP contribution in [-0.2, 0) is 9.59 Å². The second-order valence-electron chi connectivity index (χ2n) is 7.55. The minimum Gasteiger partial charge on any atom is -0.322 e. The van der Waals surface area contributed by atoms with Gasteiger partial charge in [0.15, 0.2) is 0 Å². The number of imide groups is 1. The molecule has 0 bridgehead atoms. The molecule has 0 radical (unpaired) electrons. The fraction of sp³-hybridized carbons (Fsp3) is 0.125. The van der Waals surface area contributed by atoms with Crippen LogP contribution in [0.5, 0.6) is 0 Å². The van der Waals surface area contributed by atoms with Gasteiger partial charge in [-0.3, -0.25) is 9.59 Å². The number of amides is 4. The minimum atomic E-state index is -0.707. The normalized spacial score (nSPS) is 14.7. The van der Waals surface area contributed by atoms with Gasteiger partial charge in [-0.2, -0.15) is 0 Å². The van der Waals surface area contributed by atoms with Gasteiger partial charge in [-0.25, -0.2) is 14.1 Å². The number of nitrogens with one attached hydrogen (secondary N) is 2. The molecule has 2 heterocycles. The predicted octanol–water partition coefficient (Wildman–Crippen LogP) is 4.37. The smallest absolute Gasteiger partial charge is 0.322 e. The number of para-hydroxylation sites is 1. The highest BCUT2D eigenvalue weighted by atomic mass is 127. The largest absolute Gasteiger partial charge is 0.329 e. The van der Waals surface area contributed by atoms with E-state index < -0.39 is 30.2 Å². The third-order valence-electron chi connectivity index (χ3n) is 5.27. The molecule has 1 fully saturated rings. The standard InChI is InChI=1S/C24H20FIN4O3/c1-14-11-16(15(2)30(14)18-9-7-17(26)8-10-18)12-21-23(32)29(24(33)28-21)13-22(31)27-20-6-4-3-5-19(20)25/h3-12H,13H2,1-2H3,(H,27,31)(H,28,33)/b21-12-. The molecule has 7 nitrogen and oxygen atoms in total. The van der Waals surface area contributed by atoms with Crippen LogP contribution in [0.3, 0.4) is 0 Å². The average molecular weight is 558 g/mol. The van der Waals surface area contributed by atoms with Crippen molar-refractivity contribution < 1.29 is 18.8 Å². The first kappa shape index (κ1) is 22.7. The van der Waals surface area contributed by atoms with Crippen molar-refractivity contribution in [3.05, 3.63) is 86.6 Å². The van der Waals surface area contributed by atoms with Crippen LogP contribution in [0.15, 0.2) is 60.3 Å². The molecule has 3 aromatic rings. The lowest BCUT2D eigenvalue weighted by atomic mass is 10.2. The molecule has 1 aliphatic heterocycles. The highest BCUT2D eigenvalue weighted by Gasteiger charge is 2.35. The minimum absolute atomic E-state index is 0.0200. The Morgan fingerprint density at radius 2 is 1.82 bits per heavy atom. The van der Waals surface area contributed by atoms with Gasteiger partial charge in [0, 0.05) is 20.6 Å². The fourth-order valence-corrected chi connectivity index (χ4v) is 4.05. The van der Waals surface area contributed by atoms with E-state index >= 15 is 0 Å². The zero-order valence-electron chi connectivity index (χ0n) is 17.9. The van der Waals surface area contributed by atoms with Crippen LogP contribution in [0.1, 0.15) is 17.0 Å². The highest BCUT2D eigenvalue weighted by molar-refractivity contribution is 14.1.